The lowest BCUT2D eigenvalue weighted by Crippen LogP contribution is -2.37. The van der Waals surface area contributed by atoms with Gasteiger partial charge >= 0.3 is 5.97 Å². The average Bonchev–Trinajstić information content (AvgIpc) is 2.98. The van der Waals surface area contributed by atoms with Gasteiger partial charge in [-0.25, -0.2) is 0 Å². The van der Waals surface area contributed by atoms with Crippen LogP contribution in [0.15, 0.2) is 54.6 Å². The van der Waals surface area contributed by atoms with E-state index in [1.165, 1.54) is 0 Å². The molecular formula is C36H41NO5. The van der Waals surface area contributed by atoms with E-state index >= 15 is 0 Å². The lowest BCUT2D eigenvalue weighted by Gasteiger charge is -2.28. The molecule has 2 unspecified atom stereocenters. The summed E-state index contributed by atoms with van der Waals surface area (Å²) in [5.74, 6) is -2.83. The van der Waals surface area contributed by atoms with Gasteiger partial charge in [0, 0.05) is 22.7 Å². The summed E-state index contributed by atoms with van der Waals surface area (Å²) in [7, 11) is 0. The van der Waals surface area contributed by atoms with E-state index in [2.05, 4.69) is 5.32 Å². The van der Waals surface area contributed by atoms with Gasteiger partial charge in [-0.1, -0.05) is 36.6 Å². The maximum Gasteiger partial charge on any atom is 0.309 e. The number of anilines is 1. The Kier molecular flexibility index (Phi) is 10.1. The first-order valence-electron chi connectivity index (χ1n) is 14.9. The van der Waals surface area contributed by atoms with Gasteiger partial charge in [0.25, 0.3) is 5.91 Å². The minimum atomic E-state index is -0.647. The third kappa shape index (κ3) is 7.41. The Bertz CT molecular complexity index is 1460. The number of carbonyl (C=O) groups is 4. The van der Waals surface area contributed by atoms with Gasteiger partial charge in [-0.15, -0.1) is 0 Å². The highest BCUT2D eigenvalue weighted by Gasteiger charge is 2.39. The van der Waals surface area contributed by atoms with Crippen molar-refractivity contribution in [2.75, 3.05) is 11.9 Å². The molecular weight excluding hydrogens is 526 g/mol. The normalized spacial score (nSPS) is 16.5. The van der Waals surface area contributed by atoms with Crippen molar-refractivity contribution in [3.05, 3.63) is 99.1 Å². The van der Waals surface area contributed by atoms with E-state index in [0.29, 0.717) is 36.8 Å². The molecule has 0 spiro atoms. The van der Waals surface area contributed by atoms with Crippen LogP contribution in [0, 0.1) is 46.5 Å². The number of Topliss-reactive ketones (excluding diaryl/α,β-unsaturated/α-hetero) is 2. The molecule has 1 fully saturated rings. The van der Waals surface area contributed by atoms with Crippen LogP contribution >= 0.6 is 0 Å². The zero-order valence-corrected chi connectivity index (χ0v) is 25.3. The highest BCUT2D eigenvalue weighted by atomic mass is 16.5. The quantitative estimate of drug-likeness (QED) is 0.121. The SMILES string of the molecule is Cc1ccc(NC(=O)c2ccc(C)c(CCCOC(=O)C3CCCCC3C(=O)C(=O)c3cc(C)c(C)c(C)c3)c2)cc1. The van der Waals surface area contributed by atoms with Crippen LogP contribution in [-0.2, 0) is 20.7 Å². The highest BCUT2D eigenvalue weighted by molar-refractivity contribution is 6.44. The molecule has 0 aliphatic heterocycles. The van der Waals surface area contributed by atoms with Gasteiger partial charge in [0.1, 0.15) is 0 Å². The van der Waals surface area contributed by atoms with Crippen molar-refractivity contribution in [1.82, 2.24) is 0 Å². The largest absolute Gasteiger partial charge is 0.465 e. The predicted molar refractivity (Wildman–Crippen MR) is 165 cm³/mol. The van der Waals surface area contributed by atoms with E-state index < -0.39 is 29.4 Å². The molecule has 1 N–H and O–H groups in total. The summed E-state index contributed by atoms with van der Waals surface area (Å²) in [5.41, 5.74) is 7.95. The van der Waals surface area contributed by atoms with Crippen LogP contribution in [0.1, 0.15) is 86.2 Å². The second-order valence-corrected chi connectivity index (χ2v) is 11.7. The van der Waals surface area contributed by atoms with Gasteiger partial charge in [-0.05, 0) is 125 Å². The van der Waals surface area contributed by atoms with Gasteiger partial charge in [-0.2, -0.15) is 0 Å². The van der Waals surface area contributed by atoms with Gasteiger partial charge < -0.3 is 10.1 Å². The number of carbonyl (C=O) groups excluding carboxylic acids is 4. The molecule has 42 heavy (non-hydrogen) atoms. The molecule has 1 amide bonds. The van der Waals surface area contributed by atoms with Crippen LogP contribution in [0.5, 0.6) is 0 Å². The lowest BCUT2D eigenvalue weighted by atomic mass is 9.75. The summed E-state index contributed by atoms with van der Waals surface area (Å²) >= 11 is 0. The zero-order chi connectivity index (χ0) is 30.4. The van der Waals surface area contributed by atoms with Crippen LogP contribution in [0.3, 0.4) is 0 Å². The summed E-state index contributed by atoms with van der Waals surface area (Å²) in [6, 6.07) is 16.8. The van der Waals surface area contributed by atoms with Crippen molar-refractivity contribution in [1.29, 1.82) is 0 Å². The molecule has 1 aliphatic rings. The topological polar surface area (TPSA) is 89.5 Å². The van der Waals surface area contributed by atoms with E-state index in [-0.39, 0.29) is 12.5 Å². The molecule has 3 aromatic carbocycles. The summed E-state index contributed by atoms with van der Waals surface area (Å²) in [6.07, 6.45) is 3.93. The molecule has 4 rings (SSSR count). The highest BCUT2D eigenvalue weighted by Crippen LogP contribution is 2.33. The van der Waals surface area contributed by atoms with Gasteiger partial charge in [-0.3, -0.25) is 19.2 Å². The first-order chi connectivity index (χ1) is 20.0. The molecule has 0 bridgehead atoms. The number of rotatable bonds is 10. The van der Waals surface area contributed by atoms with Crippen LogP contribution in [0.4, 0.5) is 5.69 Å². The standard InChI is InChI=1S/C36H41NO5/c1-22-12-16-30(17-13-22)37-35(40)28-15-14-23(2)27(21-28)9-8-18-42-36(41)32-11-7-6-10-31(32)34(39)33(38)29-19-24(3)26(5)25(4)20-29/h12-17,19-21,31-32H,6-11,18H2,1-5H3,(H,37,40). The Labute approximate surface area is 248 Å². The van der Waals surface area contributed by atoms with Crippen molar-refractivity contribution >= 4 is 29.1 Å². The molecule has 0 heterocycles. The Hall–Kier alpha value is -4.06. The third-order valence-corrected chi connectivity index (χ3v) is 8.57. The number of amides is 1. The van der Waals surface area contributed by atoms with Gasteiger partial charge in [0.2, 0.25) is 11.6 Å². The monoisotopic (exact) mass is 567 g/mol. The number of hydrogen-bond donors (Lipinski definition) is 1. The molecule has 1 aliphatic carbocycles. The van der Waals surface area contributed by atoms with Crippen molar-refractivity contribution in [3.8, 4) is 0 Å². The summed E-state index contributed by atoms with van der Waals surface area (Å²) < 4.78 is 5.65. The first-order valence-corrected chi connectivity index (χ1v) is 14.9. The third-order valence-electron chi connectivity index (χ3n) is 8.57. The fourth-order valence-corrected chi connectivity index (χ4v) is 5.67. The smallest absolute Gasteiger partial charge is 0.309 e. The number of aryl methyl sites for hydroxylation is 5. The minimum Gasteiger partial charge on any atom is -0.465 e. The fraction of sp³-hybridized carbons (Fsp3) is 0.389. The minimum absolute atomic E-state index is 0.176. The molecule has 0 radical (unpaired) electrons. The van der Waals surface area contributed by atoms with Gasteiger partial charge in [0.15, 0.2) is 0 Å². The maximum absolute atomic E-state index is 13.3. The van der Waals surface area contributed by atoms with E-state index in [4.69, 9.17) is 4.74 Å². The van der Waals surface area contributed by atoms with Crippen molar-refractivity contribution in [2.45, 2.75) is 73.1 Å². The molecule has 0 aromatic heterocycles. The number of hydrogen-bond acceptors (Lipinski definition) is 5. The molecule has 2 atom stereocenters. The van der Waals surface area contributed by atoms with Crippen LogP contribution in [-0.4, -0.2) is 30.0 Å². The van der Waals surface area contributed by atoms with Crippen LogP contribution in [0.25, 0.3) is 0 Å². The fourth-order valence-electron chi connectivity index (χ4n) is 5.67. The number of nitrogens with one attached hydrogen (secondary N) is 1. The molecule has 0 saturated heterocycles. The van der Waals surface area contributed by atoms with Gasteiger partial charge in [0.05, 0.1) is 12.5 Å². The summed E-state index contributed by atoms with van der Waals surface area (Å²) in [5, 5.41) is 2.93. The molecule has 3 aromatic rings. The lowest BCUT2D eigenvalue weighted by molar-refractivity contribution is -0.153. The summed E-state index contributed by atoms with van der Waals surface area (Å²) in [6.45, 7) is 10.1. The van der Waals surface area contributed by atoms with Crippen LogP contribution < -0.4 is 5.32 Å². The Morgan fingerprint density at radius 3 is 2.07 bits per heavy atom. The molecule has 220 valence electrons. The Morgan fingerprint density at radius 2 is 1.40 bits per heavy atom. The number of ether oxygens (including phenoxy) is 1. The Morgan fingerprint density at radius 1 is 0.762 bits per heavy atom. The molecule has 6 heteroatoms. The second-order valence-electron chi connectivity index (χ2n) is 11.7. The number of ketones is 2. The number of esters is 1. The zero-order valence-electron chi connectivity index (χ0n) is 25.3. The van der Waals surface area contributed by atoms with Crippen molar-refractivity contribution in [2.24, 2.45) is 11.8 Å². The van der Waals surface area contributed by atoms with E-state index in [1.54, 1.807) is 12.1 Å². The molecule has 1 saturated carbocycles. The predicted octanol–water partition coefficient (Wildman–Crippen LogP) is 7.22. The van der Waals surface area contributed by atoms with Crippen molar-refractivity contribution < 1.29 is 23.9 Å². The molecule has 6 nitrogen and oxygen atoms in total. The summed E-state index contributed by atoms with van der Waals surface area (Å²) in [4.78, 5) is 52.3. The van der Waals surface area contributed by atoms with Crippen LogP contribution in [0.2, 0.25) is 0 Å². The maximum atomic E-state index is 13.3. The van der Waals surface area contributed by atoms with E-state index in [1.807, 2.05) is 77.1 Å². The second kappa shape index (κ2) is 13.7. The average molecular weight is 568 g/mol. The Balaban J connectivity index is 1.33. The van der Waals surface area contributed by atoms with E-state index in [0.717, 1.165) is 51.9 Å². The number of benzene rings is 3. The van der Waals surface area contributed by atoms with Crippen molar-refractivity contribution in [3.63, 3.8) is 0 Å². The first kappa shape index (κ1) is 30.9. The van der Waals surface area contributed by atoms with E-state index in [9.17, 15) is 19.2 Å².